The highest BCUT2D eigenvalue weighted by molar-refractivity contribution is 5.76. The maximum absolute atomic E-state index is 12.0. The lowest BCUT2D eigenvalue weighted by Gasteiger charge is -2.27. The van der Waals surface area contributed by atoms with E-state index < -0.39 is 0 Å². The first kappa shape index (κ1) is 15.6. The van der Waals surface area contributed by atoms with Crippen molar-refractivity contribution in [2.45, 2.75) is 38.6 Å². The Labute approximate surface area is 125 Å². The van der Waals surface area contributed by atoms with E-state index in [-0.39, 0.29) is 23.4 Å². The van der Waals surface area contributed by atoms with Gasteiger partial charge in [0.05, 0.1) is 5.56 Å². The first-order valence-corrected chi connectivity index (χ1v) is 7.61. The normalized spacial score (nSPS) is 16.7. The fraction of sp³-hybridized carbons (Fsp3) is 0.562. The number of rotatable bonds is 5. The summed E-state index contributed by atoms with van der Waals surface area (Å²) in [7, 11) is 0. The van der Waals surface area contributed by atoms with Crippen LogP contribution < -0.4 is 5.32 Å². The third-order valence-corrected chi connectivity index (χ3v) is 3.99. The van der Waals surface area contributed by atoms with Crippen molar-refractivity contribution in [3.05, 3.63) is 23.8 Å². The van der Waals surface area contributed by atoms with Gasteiger partial charge in [-0.05, 0) is 38.3 Å². The fourth-order valence-electron chi connectivity index (χ4n) is 2.78. The van der Waals surface area contributed by atoms with Gasteiger partial charge in [0, 0.05) is 32.1 Å². The summed E-state index contributed by atoms with van der Waals surface area (Å²) >= 11 is 0. The summed E-state index contributed by atoms with van der Waals surface area (Å²) < 4.78 is 0. The zero-order chi connectivity index (χ0) is 15.2. The molecular formula is C16H24N2O3. The third-order valence-electron chi connectivity index (χ3n) is 3.99. The quantitative estimate of drug-likeness (QED) is 0.777. The number of phenolic OH excluding ortho intramolecular Hbond substituents is 2. The molecule has 1 fully saturated rings. The summed E-state index contributed by atoms with van der Waals surface area (Å²) in [6.07, 6.45) is 3.85. The second-order valence-corrected chi connectivity index (χ2v) is 5.58. The Kier molecular flexibility index (Phi) is 5.44. The molecule has 0 saturated carbocycles. The molecule has 5 nitrogen and oxygen atoms in total. The summed E-state index contributed by atoms with van der Waals surface area (Å²) in [4.78, 5) is 14.0. The van der Waals surface area contributed by atoms with Crippen molar-refractivity contribution in [3.8, 4) is 11.5 Å². The van der Waals surface area contributed by atoms with Gasteiger partial charge in [-0.1, -0.05) is 6.07 Å². The van der Waals surface area contributed by atoms with Gasteiger partial charge in [0.25, 0.3) is 0 Å². The molecule has 1 saturated heterocycles. The van der Waals surface area contributed by atoms with E-state index in [0.29, 0.717) is 18.5 Å². The van der Waals surface area contributed by atoms with Gasteiger partial charge in [-0.15, -0.1) is 0 Å². The maximum Gasteiger partial charge on any atom is 0.223 e. The van der Waals surface area contributed by atoms with Crippen LogP contribution in [0, 0.1) is 0 Å². The SMILES string of the molecule is CC(NCCC(=O)N1CCCCC1)c1c(O)cccc1O. The average molecular weight is 292 g/mol. The van der Waals surface area contributed by atoms with Crippen molar-refractivity contribution in [1.82, 2.24) is 10.2 Å². The van der Waals surface area contributed by atoms with Gasteiger partial charge in [-0.25, -0.2) is 0 Å². The first-order chi connectivity index (χ1) is 10.1. The molecule has 1 unspecified atom stereocenters. The van der Waals surface area contributed by atoms with Gasteiger partial charge in [0.1, 0.15) is 11.5 Å². The van der Waals surface area contributed by atoms with E-state index in [1.54, 1.807) is 18.2 Å². The number of benzene rings is 1. The molecule has 0 aliphatic carbocycles. The molecule has 2 rings (SSSR count). The van der Waals surface area contributed by atoms with Crippen molar-refractivity contribution in [3.63, 3.8) is 0 Å². The van der Waals surface area contributed by atoms with Crippen molar-refractivity contribution < 1.29 is 15.0 Å². The zero-order valence-corrected chi connectivity index (χ0v) is 12.5. The summed E-state index contributed by atoms with van der Waals surface area (Å²) in [5.41, 5.74) is 0.475. The number of carbonyl (C=O) groups excluding carboxylic acids is 1. The maximum atomic E-state index is 12.0. The van der Waals surface area contributed by atoms with Crippen molar-refractivity contribution in [2.75, 3.05) is 19.6 Å². The molecule has 0 bridgehead atoms. The Hall–Kier alpha value is -1.75. The Morgan fingerprint density at radius 2 is 1.86 bits per heavy atom. The van der Waals surface area contributed by atoms with Crippen LogP contribution in [0.25, 0.3) is 0 Å². The molecule has 3 N–H and O–H groups in total. The van der Waals surface area contributed by atoms with E-state index >= 15 is 0 Å². The fourth-order valence-corrected chi connectivity index (χ4v) is 2.78. The third kappa shape index (κ3) is 4.11. The molecule has 21 heavy (non-hydrogen) atoms. The summed E-state index contributed by atoms with van der Waals surface area (Å²) in [5.74, 6) is 0.311. The van der Waals surface area contributed by atoms with Crippen LogP contribution >= 0.6 is 0 Å². The molecule has 1 heterocycles. The molecule has 1 aliphatic heterocycles. The molecule has 0 spiro atoms. The van der Waals surface area contributed by atoms with Crippen LogP contribution in [0.4, 0.5) is 0 Å². The highest BCUT2D eigenvalue weighted by Crippen LogP contribution is 2.31. The van der Waals surface area contributed by atoms with E-state index in [2.05, 4.69) is 5.32 Å². The van der Waals surface area contributed by atoms with Gasteiger partial charge in [-0.2, -0.15) is 0 Å². The molecule has 1 aromatic carbocycles. The van der Waals surface area contributed by atoms with Gasteiger partial charge in [0.2, 0.25) is 5.91 Å². The number of hydrogen-bond acceptors (Lipinski definition) is 4. The summed E-state index contributed by atoms with van der Waals surface area (Å²) in [5, 5.41) is 22.8. The van der Waals surface area contributed by atoms with Gasteiger partial charge in [0.15, 0.2) is 0 Å². The number of hydrogen-bond donors (Lipinski definition) is 3. The van der Waals surface area contributed by atoms with Crippen molar-refractivity contribution in [2.24, 2.45) is 0 Å². The van der Waals surface area contributed by atoms with Gasteiger partial charge >= 0.3 is 0 Å². The number of nitrogens with one attached hydrogen (secondary N) is 1. The van der Waals surface area contributed by atoms with Crippen molar-refractivity contribution in [1.29, 1.82) is 0 Å². The summed E-state index contributed by atoms with van der Waals surface area (Å²) in [6.45, 7) is 4.13. The second kappa shape index (κ2) is 7.31. The molecule has 116 valence electrons. The highest BCUT2D eigenvalue weighted by atomic mass is 16.3. The molecule has 1 amide bonds. The van der Waals surface area contributed by atoms with Crippen LogP contribution in [0.1, 0.15) is 44.2 Å². The predicted molar refractivity (Wildman–Crippen MR) is 81.2 cm³/mol. The number of piperidine rings is 1. The lowest BCUT2D eigenvalue weighted by Crippen LogP contribution is -2.37. The largest absolute Gasteiger partial charge is 0.507 e. The number of aromatic hydroxyl groups is 2. The van der Waals surface area contributed by atoms with Crippen LogP contribution in [-0.2, 0) is 4.79 Å². The van der Waals surface area contributed by atoms with E-state index in [1.807, 2.05) is 11.8 Å². The number of likely N-dealkylation sites (tertiary alicyclic amines) is 1. The minimum absolute atomic E-state index is 0.0670. The summed E-state index contributed by atoms with van der Waals surface area (Å²) in [6, 6.07) is 4.49. The molecule has 1 aliphatic rings. The van der Waals surface area contributed by atoms with Crippen LogP contribution in [-0.4, -0.2) is 40.7 Å². The predicted octanol–water partition coefficient (Wildman–Crippen LogP) is 2.15. The molecule has 0 radical (unpaired) electrons. The monoisotopic (exact) mass is 292 g/mol. The molecule has 1 atom stereocenters. The van der Waals surface area contributed by atoms with E-state index in [4.69, 9.17) is 0 Å². The van der Waals surface area contributed by atoms with Crippen LogP contribution in [0.2, 0.25) is 0 Å². The second-order valence-electron chi connectivity index (χ2n) is 5.58. The molecule has 1 aromatic rings. The minimum Gasteiger partial charge on any atom is -0.507 e. The van der Waals surface area contributed by atoms with E-state index in [9.17, 15) is 15.0 Å². The van der Waals surface area contributed by atoms with Gasteiger partial charge < -0.3 is 20.4 Å². The minimum atomic E-state index is -0.208. The van der Waals surface area contributed by atoms with Crippen LogP contribution in [0.3, 0.4) is 0 Å². The number of nitrogens with zero attached hydrogens (tertiary/aromatic N) is 1. The van der Waals surface area contributed by atoms with Gasteiger partial charge in [-0.3, -0.25) is 4.79 Å². The lowest BCUT2D eigenvalue weighted by atomic mass is 10.1. The topological polar surface area (TPSA) is 72.8 Å². The number of phenols is 2. The van der Waals surface area contributed by atoms with Crippen molar-refractivity contribution >= 4 is 5.91 Å². The van der Waals surface area contributed by atoms with Crippen LogP contribution in [0.15, 0.2) is 18.2 Å². The number of amides is 1. The number of carbonyl (C=O) groups is 1. The lowest BCUT2D eigenvalue weighted by molar-refractivity contribution is -0.132. The standard InChI is InChI=1S/C16H24N2O3/c1-12(16-13(19)6-5-7-14(16)20)17-9-8-15(21)18-10-3-2-4-11-18/h5-7,12,17,19-20H,2-4,8-11H2,1H3. The molecule has 0 aromatic heterocycles. The van der Waals surface area contributed by atoms with E-state index in [1.165, 1.54) is 6.42 Å². The average Bonchev–Trinajstić information content (AvgIpc) is 2.48. The van der Waals surface area contributed by atoms with Crippen LogP contribution in [0.5, 0.6) is 11.5 Å². The molecular weight excluding hydrogens is 268 g/mol. The smallest absolute Gasteiger partial charge is 0.223 e. The van der Waals surface area contributed by atoms with E-state index in [0.717, 1.165) is 25.9 Å². The zero-order valence-electron chi connectivity index (χ0n) is 12.5. The first-order valence-electron chi connectivity index (χ1n) is 7.61. The Morgan fingerprint density at radius 3 is 2.48 bits per heavy atom. The Balaban J connectivity index is 1.81. The molecule has 5 heteroatoms. The highest BCUT2D eigenvalue weighted by Gasteiger charge is 2.18. The Bertz CT molecular complexity index is 464. The Morgan fingerprint density at radius 1 is 1.24 bits per heavy atom.